The molecular formula is C27H23BrFN3O5. The van der Waals surface area contributed by atoms with Crippen molar-refractivity contribution in [1.29, 1.82) is 5.26 Å². The standard InChI is InChI=1S/C27H23BrFN3O5/c1-3-36-24-14-17(12-18(15-30)27(34)31-20-10-8-19(29)9-11-20)13-21(28)26(24)37-16-25(33)32-22-6-4-5-7-23(22)35-2/h4-14H,3,16H2,1-2H3,(H,31,34)(H,32,33)/b18-12+. The zero-order valence-electron chi connectivity index (χ0n) is 20.0. The quantitative estimate of drug-likeness (QED) is 0.245. The molecule has 0 heterocycles. The number of methoxy groups -OCH3 is 1. The maximum absolute atomic E-state index is 13.1. The number of benzene rings is 3. The molecular weight excluding hydrogens is 545 g/mol. The first-order valence-corrected chi connectivity index (χ1v) is 11.8. The number of ether oxygens (including phenoxy) is 3. The number of nitrogens with one attached hydrogen (secondary N) is 2. The Morgan fingerprint density at radius 2 is 1.78 bits per heavy atom. The van der Waals surface area contributed by atoms with E-state index in [2.05, 4.69) is 26.6 Å². The number of halogens is 2. The molecule has 8 nitrogen and oxygen atoms in total. The fourth-order valence-corrected chi connectivity index (χ4v) is 3.77. The highest BCUT2D eigenvalue weighted by atomic mass is 79.9. The number of carbonyl (C=O) groups excluding carboxylic acids is 2. The molecule has 0 atom stereocenters. The molecule has 0 saturated heterocycles. The van der Waals surface area contributed by atoms with Gasteiger partial charge < -0.3 is 24.8 Å². The predicted octanol–water partition coefficient (Wildman–Crippen LogP) is 5.56. The van der Waals surface area contributed by atoms with Crippen molar-refractivity contribution in [2.45, 2.75) is 6.92 Å². The lowest BCUT2D eigenvalue weighted by molar-refractivity contribution is -0.118. The number of amides is 2. The molecule has 2 N–H and O–H groups in total. The van der Waals surface area contributed by atoms with Crippen LogP contribution in [0.15, 0.2) is 70.7 Å². The van der Waals surface area contributed by atoms with Gasteiger partial charge >= 0.3 is 0 Å². The van der Waals surface area contributed by atoms with E-state index in [1.165, 1.54) is 37.5 Å². The molecule has 37 heavy (non-hydrogen) atoms. The first-order chi connectivity index (χ1) is 17.8. The lowest BCUT2D eigenvalue weighted by Crippen LogP contribution is -2.21. The average Bonchev–Trinajstić information content (AvgIpc) is 2.88. The van der Waals surface area contributed by atoms with Crippen molar-refractivity contribution in [1.82, 2.24) is 0 Å². The Balaban J connectivity index is 1.77. The van der Waals surface area contributed by atoms with Gasteiger partial charge in [0.1, 0.15) is 23.2 Å². The fraction of sp³-hybridized carbons (Fsp3) is 0.148. The number of nitriles is 1. The molecule has 0 aliphatic heterocycles. The smallest absolute Gasteiger partial charge is 0.266 e. The molecule has 0 bridgehead atoms. The van der Waals surface area contributed by atoms with E-state index in [4.69, 9.17) is 14.2 Å². The van der Waals surface area contributed by atoms with E-state index < -0.39 is 17.6 Å². The molecule has 0 aliphatic rings. The maximum Gasteiger partial charge on any atom is 0.266 e. The van der Waals surface area contributed by atoms with Gasteiger partial charge in [-0.2, -0.15) is 5.26 Å². The second-order valence-corrected chi connectivity index (χ2v) is 8.29. The summed E-state index contributed by atoms with van der Waals surface area (Å²) in [6.07, 6.45) is 1.38. The summed E-state index contributed by atoms with van der Waals surface area (Å²) >= 11 is 3.41. The summed E-state index contributed by atoms with van der Waals surface area (Å²) in [5, 5.41) is 14.8. The molecule has 0 spiro atoms. The summed E-state index contributed by atoms with van der Waals surface area (Å²) in [5.41, 5.74) is 1.15. The number of anilines is 2. The van der Waals surface area contributed by atoms with E-state index in [0.717, 1.165) is 0 Å². The van der Waals surface area contributed by atoms with Gasteiger partial charge in [-0.1, -0.05) is 12.1 Å². The molecule has 0 aliphatic carbocycles. The van der Waals surface area contributed by atoms with Crippen LogP contribution >= 0.6 is 15.9 Å². The van der Waals surface area contributed by atoms with Crippen LogP contribution in [-0.4, -0.2) is 32.1 Å². The molecule has 0 fully saturated rings. The lowest BCUT2D eigenvalue weighted by atomic mass is 10.1. The first kappa shape index (κ1) is 27.2. The topological polar surface area (TPSA) is 110 Å². The minimum Gasteiger partial charge on any atom is -0.495 e. The minimum atomic E-state index is -0.656. The third kappa shape index (κ3) is 7.56. The Morgan fingerprint density at radius 3 is 2.46 bits per heavy atom. The molecule has 3 aromatic carbocycles. The SMILES string of the molecule is CCOc1cc(/C=C(\C#N)C(=O)Nc2ccc(F)cc2)cc(Br)c1OCC(=O)Nc1ccccc1OC. The van der Waals surface area contributed by atoms with E-state index in [0.29, 0.717) is 39.5 Å². The van der Waals surface area contributed by atoms with E-state index in [1.54, 1.807) is 43.3 Å². The molecule has 3 aromatic rings. The highest BCUT2D eigenvalue weighted by Gasteiger charge is 2.16. The van der Waals surface area contributed by atoms with Crippen molar-refractivity contribution in [3.63, 3.8) is 0 Å². The third-order valence-electron chi connectivity index (χ3n) is 4.84. The van der Waals surface area contributed by atoms with Gasteiger partial charge in [0.25, 0.3) is 11.8 Å². The summed E-state index contributed by atoms with van der Waals surface area (Å²) in [6.45, 7) is 1.78. The molecule has 10 heteroatoms. The second kappa shape index (κ2) is 13.1. The van der Waals surface area contributed by atoms with Crippen LogP contribution in [0.3, 0.4) is 0 Å². The van der Waals surface area contributed by atoms with Gasteiger partial charge in [-0.3, -0.25) is 9.59 Å². The molecule has 2 amide bonds. The van der Waals surface area contributed by atoms with Gasteiger partial charge in [-0.25, -0.2) is 4.39 Å². The molecule has 0 saturated carbocycles. The number of nitrogens with zero attached hydrogens (tertiary/aromatic N) is 1. The van der Waals surface area contributed by atoms with Crippen LogP contribution in [0.25, 0.3) is 6.08 Å². The van der Waals surface area contributed by atoms with E-state index in [9.17, 15) is 19.2 Å². The van der Waals surface area contributed by atoms with Crippen LogP contribution in [0.5, 0.6) is 17.2 Å². The van der Waals surface area contributed by atoms with Crippen LogP contribution < -0.4 is 24.8 Å². The number of rotatable bonds is 10. The first-order valence-electron chi connectivity index (χ1n) is 11.0. The van der Waals surface area contributed by atoms with Gasteiger partial charge in [0.15, 0.2) is 18.1 Å². The highest BCUT2D eigenvalue weighted by Crippen LogP contribution is 2.37. The van der Waals surface area contributed by atoms with Crippen molar-refractivity contribution in [2.24, 2.45) is 0 Å². The van der Waals surface area contributed by atoms with Gasteiger partial charge in [0.2, 0.25) is 0 Å². The van der Waals surface area contributed by atoms with Crippen LogP contribution in [0, 0.1) is 17.1 Å². The molecule has 0 unspecified atom stereocenters. The maximum atomic E-state index is 13.1. The molecule has 0 aromatic heterocycles. The molecule has 0 radical (unpaired) electrons. The summed E-state index contributed by atoms with van der Waals surface area (Å²) in [5.74, 6) is -0.404. The summed E-state index contributed by atoms with van der Waals surface area (Å²) in [6, 6.07) is 17.2. The number of para-hydroxylation sites is 2. The summed E-state index contributed by atoms with van der Waals surface area (Å²) < 4.78 is 30.2. The predicted molar refractivity (Wildman–Crippen MR) is 141 cm³/mol. The number of hydrogen-bond donors (Lipinski definition) is 2. The zero-order chi connectivity index (χ0) is 26.8. The molecule has 3 rings (SSSR count). The average molecular weight is 568 g/mol. The van der Waals surface area contributed by atoms with Crippen molar-refractivity contribution in [3.05, 3.63) is 82.1 Å². The van der Waals surface area contributed by atoms with Gasteiger partial charge in [-0.05, 0) is 83.0 Å². The van der Waals surface area contributed by atoms with Crippen molar-refractivity contribution < 1.29 is 28.2 Å². The fourth-order valence-electron chi connectivity index (χ4n) is 3.19. The van der Waals surface area contributed by atoms with E-state index in [-0.39, 0.29) is 17.9 Å². The Labute approximate surface area is 221 Å². The van der Waals surface area contributed by atoms with Crippen LogP contribution in [0.4, 0.5) is 15.8 Å². The van der Waals surface area contributed by atoms with Crippen molar-refractivity contribution >= 4 is 45.2 Å². The van der Waals surface area contributed by atoms with Gasteiger partial charge in [-0.15, -0.1) is 0 Å². The van der Waals surface area contributed by atoms with E-state index >= 15 is 0 Å². The van der Waals surface area contributed by atoms with Crippen LogP contribution in [-0.2, 0) is 9.59 Å². The summed E-state index contributed by atoms with van der Waals surface area (Å²) in [7, 11) is 1.51. The Kier molecular flexibility index (Phi) is 9.63. The highest BCUT2D eigenvalue weighted by molar-refractivity contribution is 9.10. The van der Waals surface area contributed by atoms with Crippen molar-refractivity contribution in [3.8, 4) is 23.3 Å². The Bertz CT molecular complexity index is 1350. The monoisotopic (exact) mass is 567 g/mol. The Morgan fingerprint density at radius 1 is 1.05 bits per heavy atom. The normalized spacial score (nSPS) is 10.7. The Hall–Kier alpha value is -4.36. The van der Waals surface area contributed by atoms with Crippen LogP contribution in [0.2, 0.25) is 0 Å². The number of carbonyl (C=O) groups is 2. The lowest BCUT2D eigenvalue weighted by Gasteiger charge is -2.15. The zero-order valence-corrected chi connectivity index (χ0v) is 21.6. The van der Waals surface area contributed by atoms with Gasteiger partial charge in [0, 0.05) is 5.69 Å². The minimum absolute atomic E-state index is 0.177. The number of hydrogen-bond acceptors (Lipinski definition) is 6. The van der Waals surface area contributed by atoms with E-state index in [1.807, 2.05) is 6.07 Å². The largest absolute Gasteiger partial charge is 0.495 e. The van der Waals surface area contributed by atoms with Gasteiger partial charge in [0.05, 0.1) is 23.9 Å². The van der Waals surface area contributed by atoms with Crippen LogP contribution in [0.1, 0.15) is 12.5 Å². The molecule has 190 valence electrons. The summed E-state index contributed by atoms with van der Waals surface area (Å²) in [4.78, 5) is 25.0. The third-order valence-corrected chi connectivity index (χ3v) is 5.43. The second-order valence-electron chi connectivity index (χ2n) is 7.43. The van der Waals surface area contributed by atoms with Crippen molar-refractivity contribution in [2.75, 3.05) is 31.0 Å².